The number of anilines is 2. The van der Waals surface area contributed by atoms with Crippen molar-refractivity contribution < 1.29 is 23.0 Å². The van der Waals surface area contributed by atoms with Crippen LogP contribution >= 0.6 is 22.9 Å². The van der Waals surface area contributed by atoms with E-state index in [1.54, 1.807) is 6.07 Å². The summed E-state index contributed by atoms with van der Waals surface area (Å²) in [5.41, 5.74) is 5.71. The lowest BCUT2D eigenvalue weighted by Crippen LogP contribution is -2.49. The van der Waals surface area contributed by atoms with Gasteiger partial charge in [0.2, 0.25) is 0 Å². The van der Waals surface area contributed by atoms with Crippen LogP contribution < -0.4 is 15.4 Å². The first-order chi connectivity index (χ1) is 20.2. The van der Waals surface area contributed by atoms with Crippen LogP contribution in [0.15, 0.2) is 18.2 Å². The molecule has 3 fully saturated rings. The van der Waals surface area contributed by atoms with E-state index < -0.39 is 23.3 Å². The molecule has 4 aromatic rings. The summed E-state index contributed by atoms with van der Waals surface area (Å²) in [4.78, 5) is 13.1. The molecule has 0 saturated carbocycles. The number of nitriles is 1. The summed E-state index contributed by atoms with van der Waals surface area (Å²) in [7, 11) is 0. The molecule has 0 aliphatic carbocycles. The maximum Gasteiger partial charge on any atom is 0.319 e. The number of rotatable bonds is 6. The number of nitrogens with zero attached hydrogens (tertiary/aromatic N) is 5. The summed E-state index contributed by atoms with van der Waals surface area (Å²) in [6.07, 6.45) is 1.16. The van der Waals surface area contributed by atoms with Crippen LogP contribution in [0.2, 0.25) is 5.02 Å². The number of fused-ring (bicyclic) bond motifs is 3. The lowest BCUT2D eigenvalue weighted by atomic mass is 9.95. The van der Waals surface area contributed by atoms with Crippen LogP contribution in [-0.4, -0.2) is 71.1 Å². The van der Waals surface area contributed by atoms with E-state index in [2.05, 4.69) is 14.9 Å². The fourth-order valence-electron chi connectivity index (χ4n) is 6.73. The van der Waals surface area contributed by atoms with Gasteiger partial charge in [-0.3, -0.25) is 4.90 Å². The second-order valence-corrected chi connectivity index (χ2v) is 12.8. The van der Waals surface area contributed by atoms with Crippen LogP contribution in [0.3, 0.4) is 0 Å². The van der Waals surface area contributed by atoms with Crippen molar-refractivity contribution in [2.24, 2.45) is 5.92 Å². The third kappa shape index (κ3) is 4.17. The van der Waals surface area contributed by atoms with Crippen LogP contribution in [0, 0.1) is 28.9 Å². The summed E-state index contributed by atoms with van der Waals surface area (Å²) in [6, 6.07) is 6.07. The lowest BCUT2D eigenvalue weighted by Gasteiger charge is -2.39. The van der Waals surface area contributed by atoms with E-state index in [0.29, 0.717) is 37.3 Å². The van der Waals surface area contributed by atoms with Crippen molar-refractivity contribution in [3.05, 3.63) is 40.4 Å². The van der Waals surface area contributed by atoms with Gasteiger partial charge in [-0.2, -0.15) is 15.2 Å². The fraction of sp³-hybridized carbons (Fsp3) is 0.414. The van der Waals surface area contributed by atoms with E-state index in [0.717, 1.165) is 30.7 Å². The fourth-order valence-corrected chi connectivity index (χ4v) is 7.97. The smallest absolute Gasteiger partial charge is 0.319 e. The molecule has 3 N–H and O–H groups in total. The number of ether oxygens (including phenoxy) is 1. The number of hydrogen-bond donors (Lipinski definition) is 2. The monoisotopic (exact) mass is 614 g/mol. The van der Waals surface area contributed by atoms with Gasteiger partial charge >= 0.3 is 6.01 Å². The van der Waals surface area contributed by atoms with E-state index in [9.17, 15) is 19.1 Å². The number of halogens is 4. The predicted molar refractivity (Wildman–Crippen MR) is 156 cm³/mol. The number of thiophene rings is 1. The Bertz CT molecular complexity index is 1790. The summed E-state index contributed by atoms with van der Waals surface area (Å²) < 4.78 is 51.9. The molecule has 5 heterocycles. The van der Waals surface area contributed by atoms with Gasteiger partial charge in [0, 0.05) is 54.9 Å². The molecule has 2 aromatic heterocycles. The van der Waals surface area contributed by atoms with Crippen molar-refractivity contribution in [3.63, 3.8) is 0 Å². The number of nitrogens with two attached hydrogens (primary N) is 1. The number of nitrogen functional groups attached to an aromatic ring is 1. The van der Waals surface area contributed by atoms with E-state index in [-0.39, 0.29) is 67.5 Å². The Balaban J connectivity index is 1.38. The molecule has 0 bridgehead atoms. The van der Waals surface area contributed by atoms with Crippen molar-refractivity contribution in [2.45, 2.75) is 31.0 Å². The second-order valence-electron chi connectivity index (χ2n) is 11.3. The number of aliphatic hydroxyl groups is 1. The second kappa shape index (κ2) is 10.1. The molecule has 42 heavy (non-hydrogen) atoms. The highest BCUT2D eigenvalue weighted by molar-refractivity contribution is 7.23. The van der Waals surface area contributed by atoms with E-state index in [1.165, 1.54) is 12.1 Å². The first kappa shape index (κ1) is 27.5. The average Bonchev–Trinajstić information content (AvgIpc) is 3.58. The van der Waals surface area contributed by atoms with E-state index in [1.807, 2.05) is 11.0 Å². The molecule has 2 aromatic carbocycles. The van der Waals surface area contributed by atoms with Crippen molar-refractivity contribution in [2.75, 3.05) is 50.0 Å². The van der Waals surface area contributed by atoms with Crippen molar-refractivity contribution in [1.29, 1.82) is 5.26 Å². The first-order valence-electron chi connectivity index (χ1n) is 13.7. The standard InChI is InChI=1S/C29H26ClF3N6O2S/c30-19-6-17-24(23(33)22(19)16-2-3-20(32)25-21(16)18(8-34)26(35)42-25)36-28(37-27(17)38-9-14(10-38)12-40)41-13-29-4-1-5-39(29)11-15(31)7-29/h2-3,6,14-15,40H,1,4-5,7,9-13,35H2/t15-,29+/m1/s1. The molecule has 2 atom stereocenters. The molecule has 13 heteroatoms. The summed E-state index contributed by atoms with van der Waals surface area (Å²) in [5, 5.41) is 20.0. The van der Waals surface area contributed by atoms with Crippen LogP contribution in [0.5, 0.6) is 6.01 Å². The van der Waals surface area contributed by atoms with Crippen LogP contribution in [0.25, 0.3) is 32.1 Å². The van der Waals surface area contributed by atoms with Gasteiger partial charge < -0.3 is 20.5 Å². The van der Waals surface area contributed by atoms with Crippen molar-refractivity contribution in [3.8, 4) is 23.2 Å². The van der Waals surface area contributed by atoms with E-state index >= 15 is 4.39 Å². The Morgan fingerprint density at radius 3 is 2.83 bits per heavy atom. The Kier molecular flexibility index (Phi) is 6.62. The predicted octanol–water partition coefficient (Wildman–Crippen LogP) is 5.28. The summed E-state index contributed by atoms with van der Waals surface area (Å²) in [6.45, 7) is 2.34. The molecule has 3 aliphatic rings. The Morgan fingerprint density at radius 2 is 2.07 bits per heavy atom. The minimum Gasteiger partial charge on any atom is -0.461 e. The van der Waals surface area contributed by atoms with Crippen LogP contribution in [0.1, 0.15) is 24.8 Å². The quantitative estimate of drug-likeness (QED) is 0.302. The Hall–Kier alpha value is -3.37. The maximum absolute atomic E-state index is 16.6. The van der Waals surface area contributed by atoms with Crippen LogP contribution in [-0.2, 0) is 0 Å². The normalized spacial score (nSPS) is 22.6. The first-order valence-corrected chi connectivity index (χ1v) is 14.9. The molecular formula is C29H26ClF3N6O2S. The Labute approximate surface area is 248 Å². The zero-order valence-electron chi connectivity index (χ0n) is 22.3. The maximum atomic E-state index is 16.6. The van der Waals surface area contributed by atoms with Crippen LogP contribution in [0.4, 0.5) is 24.0 Å². The largest absolute Gasteiger partial charge is 0.461 e. The number of aliphatic hydroxyl groups excluding tert-OH is 1. The molecule has 218 valence electrons. The molecule has 0 unspecified atom stereocenters. The van der Waals surface area contributed by atoms with Gasteiger partial charge in [-0.05, 0) is 37.1 Å². The third-order valence-corrected chi connectivity index (χ3v) is 10.1. The highest BCUT2D eigenvalue weighted by Gasteiger charge is 2.49. The molecular weight excluding hydrogens is 589 g/mol. The average molecular weight is 615 g/mol. The number of hydrogen-bond acceptors (Lipinski definition) is 9. The Morgan fingerprint density at radius 1 is 1.26 bits per heavy atom. The minimum atomic E-state index is -0.933. The molecule has 0 amide bonds. The van der Waals surface area contributed by atoms with Gasteiger partial charge in [0.15, 0.2) is 5.82 Å². The minimum absolute atomic E-state index is 0.0104. The highest BCUT2D eigenvalue weighted by atomic mass is 35.5. The molecule has 0 radical (unpaired) electrons. The molecule has 7 rings (SSSR count). The van der Waals surface area contributed by atoms with Gasteiger partial charge in [-0.15, -0.1) is 11.3 Å². The van der Waals surface area contributed by atoms with Gasteiger partial charge in [0.25, 0.3) is 0 Å². The molecule has 3 aliphatic heterocycles. The van der Waals surface area contributed by atoms with Gasteiger partial charge in [0.1, 0.15) is 41.0 Å². The topological polar surface area (TPSA) is 112 Å². The van der Waals surface area contributed by atoms with E-state index in [4.69, 9.17) is 22.1 Å². The summed E-state index contributed by atoms with van der Waals surface area (Å²) in [5.74, 6) is -0.907. The van der Waals surface area contributed by atoms with Gasteiger partial charge in [0.05, 0.1) is 20.8 Å². The van der Waals surface area contributed by atoms with Crippen molar-refractivity contribution in [1.82, 2.24) is 14.9 Å². The third-order valence-electron chi connectivity index (χ3n) is 8.79. The lowest BCUT2D eigenvalue weighted by molar-refractivity contribution is 0.107. The molecule has 8 nitrogen and oxygen atoms in total. The van der Waals surface area contributed by atoms with Gasteiger partial charge in [-0.25, -0.2) is 13.2 Å². The summed E-state index contributed by atoms with van der Waals surface area (Å²) >= 11 is 7.62. The van der Waals surface area contributed by atoms with Gasteiger partial charge in [-0.1, -0.05) is 17.7 Å². The zero-order valence-corrected chi connectivity index (χ0v) is 23.9. The zero-order chi connectivity index (χ0) is 29.3. The number of aromatic nitrogens is 2. The SMILES string of the molecule is N#Cc1c(N)sc2c(F)ccc(-c3c(Cl)cc4c(N5CC(CO)C5)nc(OC[C@@]56CCCN5C[C@H](F)C6)nc4c3F)c12. The highest BCUT2D eigenvalue weighted by Crippen LogP contribution is 2.46. The molecule has 0 spiro atoms. The number of benzene rings is 2. The number of alkyl halides is 1. The molecule has 3 saturated heterocycles. The van der Waals surface area contributed by atoms with Crippen molar-refractivity contribution >= 4 is 54.7 Å².